The molecule has 0 saturated heterocycles. The number of ether oxygens (including phenoxy) is 2. The fraction of sp³-hybridized carbons (Fsp3) is 0.0667. The lowest BCUT2D eigenvalue weighted by atomic mass is 10.2. The van der Waals surface area contributed by atoms with Gasteiger partial charge in [0.2, 0.25) is 12.7 Å². The molecular formula is C15H11IN2O3. The SMILES string of the molecule is O=C(C=Cc1ccc2c(c1)OCO2)Nc1ccc(I)cn1. The van der Waals surface area contributed by atoms with E-state index in [2.05, 4.69) is 32.9 Å². The Morgan fingerprint density at radius 3 is 2.90 bits per heavy atom. The average Bonchev–Trinajstić information content (AvgIpc) is 2.95. The summed E-state index contributed by atoms with van der Waals surface area (Å²) in [7, 11) is 0. The summed E-state index contributed by atoms with van der Waals surface area (Å²) in [5.74, 6) is 1.70. The Hall–Kier alpha value is -2.09. The fourth-order valence-corrected chi connectivity index (χ4v) is 2.13. The molecular weight excluding hydrogens is 383 g/mol. The number of fused-ring (bicyclic) bond motifs is 1. The van der Waals surface area contributed by atoms with E-state index >= 15 is 0 Å². The number of rotatable bonds is 3. The Labute approximate surface area is 135 Å². The van der Waals surface area contributed by atoms with Crippen LogP contribution in [0.5, 0.6) is 11.5 Å². The molecule has 2 heterocycles. The zero-order valence-corrected chi connectivity index (χ0v) is 13.0. The summed E-state index contributed by atoms with van der Waals surface area (Å²) in [5, 5.41) is 2.70. The zero-order valence-electron chi connectivity index (χ0n) is 10.9. The number of pyridine rings is 1. The number of anilines is 1. The normalized spacial score (nSPS) is 12.6. The van der Waals surface area contributed by atoms with Gasteiger partial charge in [-0.1, -0.05) is 6.07 Å². The maximum absolute atomic E-state index is 11.8. The van der Waals surface area contributed by atoms with Crippen molar-refractivity contribution in [2.75, 3.05) is 12.1 Å². The second kappa shape index (κ2) is 6.13. The second-order valence-corrected chi connectivity index (χ2v) is 5.54. The molecule has 0 fully saturated rings. The summed E-state index contributed by atoms with van der Waals surface area (Å²) in [6.45, 7) is 0.238. The lowest BCUT2D eigenvalue weighted by Gasteiger charge is -2.01. The summed E-state index contributed by atoms with van der Waals surface area (Å²) >= 11 is 2.16. The van der Waals surface area contributed by atoms with Gasteiger partial charge in [0.15, 0.2) is 11.5 Å². The van der Waals surface area contributed by atoms with Crippen LogP contribution in [0.3, 0.4) is 0 Å². The van der Waals surface area contributed by atoms with Gasteiger partial charge in [-0.2, -0.15) is 0 Å². The van der Waals surface area contributed by atoms with E-state index < -0.39 is 0 Å². The van der Waals surface area contributed by atoms with E-state index in [0.29, 0.717) is 11.6 Å². The highest BCUT2D eigenvalue weighted by Crippen LogP contribution is 2.32. The number of benzene rings is 1. The highest BCUT2D eigenvalue weighted by atomic mass is 127. The molecule has 1 aromatic heterocycles. The number of carbonyl (C=O) groups excluding carboxylic acids is 1. The van der Waals surface area contributed by atoms with Crippen molar-refractivity contribution in [1.82, 2.24) is 4.98 Å². The molecule has 1 aromatic carbocycles. The van der Waals surface area contributed by atoms with Crippen molar-refractivity contribution in [3.8, 4) is 11.5 Å². The van der Waals surface area contributed by atoms with Gasteiger partial charge in [-0.05, 0) is 58.5 Å². The Kier molecular flexibility index (Phi) is 4.05. The number of halogens is 1. The van der Waals surface area contributed by atoms with E-state index in [0.717, 1.165) is 14.9 Å². The lowest BCUT2D eigenvalue weighted by molar-refractivity contribution is -0.111. The third kappa shape index (κ3) is 3.52. The van der Waals surface area contributed by atoms with Crippen molar-refractivity contribution in [1.29, 1.82) is 0 Å². The van der Waals surface area contributed by atoms with E-state index in [1.807, 2.05) is 24.3 Å². The van der Waals surface area contributed by atoms with Gasteiger partial charge < -0.3 is 14.8 Å². The first-order valence-corrected chi connectivity index (χ1v) is 7.29. The van der Waals surface area contributed by atoms with E-state index in [1.54, 1.807) is 18.3 Å². The lowest BCUT2D eigenvalue weighted by Crippen LogP contribution is -2.08. The smallest absolute Gasteiger partial charge is 0.249 e. The molecule has 1 N–H and O–H groups in total. The summed E-state index contributed by atoms with van der Waals surface area (Å²) in [6.07, 6.45) is 4.86. The minimum Gasteiger partial charge on any atom is -0.454 e. The summed E-state index contributed by atoms with van der Waals surface area (Å²) < 4.78 is 11.5. The first-order valence-electron chi connectivity index (χ1n) is 6.21. The maximum atomic E-state index is 11.8. The van der Waals surface area contributed by atoms with E-state index in [4.69, 9.17) is 9.47 Å². The van der Waals surface area contributed by atoms with Crippen molar-refractivity contribution >= 4 is 40.4 Å². The zero-order chi connectivity index (χ0) is 14.7. The topological polar surface area (TPSA) is 60.5 Å². The van der Waals surface area contributed by atoms with Crippen LogP contribution < -0.4 is 14.8 Å². The number of nitrogens with one attached hydrogen (secondary N) is 1. The molecule has 5 nitrogen and oxygen atoms in total. The van der Waals surface area contributed by atoms with E-state index in [-0.39, 0.29) is 12.7 Å². The number of nitrogens with zero attached hydrogens (tertiary/aromatic N) is 1. The Morgan fingerprint density at radius 2 is 2.10 bits per heavy atom. The molecule has 0 bridgehead atoms. The fourth-order valence-electron chi connectivity index (χ4n) is 1.81. The van der Waals surface area contributed by atoms with Crippen molar-refractivity contribution in [3.05, 3.63) is 51.7 Å². The molecule has 6 heteroatoms. The van der Waals surface area contributed by atoms with Crippen molar-refractivity contribution in [2.45, 2.75) is 0 Å². The third-order valence-corrected chi connectivity index (χ3v) is 3.44. The Morgan fingerprint density at radius 1 is 1.24 bits per heavy atom. The molecule has 2 aromatic rings. The molecule has 1 aliphatic heterocycles. The van der Waals surface area contributed by atoms with Gasteiger partial charge in [0.25, 0.3) is 0 Å². The number of hydrogen-bond donors (Lipinski definition) is 1. The van der Waals surface area contributed by atoms with Crippen LogP contribution in [-0.4, -0.2) is 17.7 Å². The van der Waals surface area contributed by atoms with E-state index in [9.17, 15) is 4.79 Å². The minimum atomic E-state index is -0.235. The quantitative estimate of drug-likeness (QED) is 0.642. The molecule has 0 atom stereocenters. The van der Waals surface area contributed by atoms with Gasteiger partial charge in [0, 0.05) is 15.8 Å². The summed E-state index contributed by atoms with van der Waals surface area (Å²) in [4.78, 5) is 15.9. The molecule has 21 heavy (non-hydrogen) atoms. The van der Waals surface area contributed by atoms with Gasteiger partial charge >= 0.3 is 0 Å². The highest BCUT2D eigenvalue weighted by molar-refractivity contribution is 14.1. The Balaban J connectivity index is 1.65. The van der Waals surface area contributed by atoms with Crippen LogP contribution in [0.4, 0.5) is 5.82 Å². The highest BCUT2D eigenvalue weighted by Gasteiger charge is 2.12. The second-order valence-electron chi connectivity index (χ2n) is 4.30. The van der Waals surface area contributed by atoms with Gasteiger partial charge in [0.05, 0.1) is 0 Å². The van der Waals surface area contributed by atoms with Crippen molar-refractivity contribution < 1.29 is 14.3 Å². The van der Waals surface area contributed by atoms with Crippen LogP contribution in [0.25, 0.3) is 6.08 Å². The molecule has 0 radical (unpaired) electrons. The number of aromatic nitrogens is 1. The minimum absolute atomic E-state index is 0.235. The average molecular weight is 394 g/mol. The van der Waals surface area contributed by atoms with Gasteiger partial charge in [-0.15, -0.1) is 0 Å². The molecule has 3 rings (SSSR count). The predicted octanol–water partition coefficient (Wildman–Crippen LogP) is 3.07. The summed E-state index contributed by atoms with van der Waals surface area (Å²) in [5.41, 5.74) is 0.866. The third-order valence-electron chi connectivity index (χ3n) is 2.80. The van der Waals surface area contributed by atoms with Gasteiger partial charge in [-0.25, -0.2) is 4.98 Å². The van der Waals surface area contributed by atoms with Crippen molar-refractivity contribution in [2.24, 2.45) is 0 Å². The molecule has 1 aliphatic rings. The van der Waals surface area contributed by atoms with Crippen molar-refractivity contribution in [3.63, 3.8) is 0 Å². The number of carbonyl (C=O) groups is 1. The predicted molar refractivity (Wildman–Crippen MR) is 87.2 cm³/mol. The Bertz CT molecular complexity index is 699. The molecule has 0 aliphatic carbocycles. The van der Waals surface area contributed by atoms with Crippen LogP contribution >= 0.6 is 22.6 Å². The van der Waals surface area contributed by atoms with Crippen LogP contribution in [0, 0.1) is 3.57 Å². The molecule has 0 unspecified atom stereocenters. The molecule has 0 spiro atoms. The monoisotopic (exact) mass is 394 g/mol. The van der Waals surface area contributed by atoms with Crippen LogP contribution in [0.1, 0.15) is 5.56 Å². The van der Waals surface area contributed by atoms with Crippen LogP contribution in [0.2, 0.25) is 0 Å². The van der Waals surface area contributed by atoms with Gasteiger partial charge in [-0.3, -0.25) is 4.79 Å². The first kappa shape index (κ1) is 13.9. The van der Waals surface area contributed by atoms with Crippen LogP contribution in [0.15, 0.2) is 42.6 Å². The van der Waals surface area contributed by atoms with Crippen LogP contribution in [-0.2, 0) is 4.79 Å². The molecule has 106 valence electrons. The largest absolute Gasteiger partial charge is 0.454 e. The molecule has 0 saturated carbocycles. The summed E-state index contributed by atoms with van der Waals surface area (Å²) in [6, 6.07) is 9.15. The molecule has 1 amide bonds. The standard InChI is InChI=1S/C15H11IN2O3/c16-11-3-5-14(17-8-11)18-15(19)6-2-10-1-4-12-13(7-10)21-9-20-12/h1-8H,9H2,(H,17,18,19). The number of hydrogen-bond acceptors (Lipinski definition) is 4. The first-order chi connectivity index (χ1) is 10.2. The van der Waals surface area contributed by atoms with Gasteiger partial charge in [0.1, 0.15) is 5.82 Å². The number of amides is 1. The van der Waals surface area contributed by atoms with E-state index in [1.165, 1.54) is 6.08 Å². The maximum Gasteiger partial charge on any atom is 0.249 e.